The first-order valence-corrected chi connectivity index (χ1v) is 6.36. The molecule has 104 valence electrons. The Bertz CT molecular complexity index is 620. The van der Waals surface area contributed by atoms with Gasteiger partial charge in [-0.2, -0.15) is 0 Å². The van der Waals surface area contributed by atoms with Crippen molar-refractivity contribution >= 4 is 17.3 Å². The number of rotatable bonds is 3. The number of anilines is 2. The first kappa shape index (κ1) is 14.0. The molecule has 1 heterocycles. The molecule has 0 fully saturated rings. The van der Waals surface area contributed by atoms with Crippen LogP contribution in [-0.4, -0.2) is 30.0 Å². The quantitative estimate of drug-likeness (QED) is 0.930. The lowest BCUT2D eigenvalue weighted by Gasteiger charge is -2.13. The second-order valence-electron chi connectivity index (χ2n) is 4.81. The number of aryl methyl sites for hydroxylation is 2. The number of benzene rings is 1. The van der Waals surface area contributed by atoms with Crippen LogP contribution in [0.2, 0.25) is 0 Å². The largest absolute Gasteiger partial charge is 0.378 e. The fourth-order valence-electron chi connectivity index (χ4n) is 1.85. The van der Waals surface area contributed by atoms with Gasteiger partial charge >= 0.3 is 0 Å². The summed E-state index contributed by atoms with van der Waals surface area (Å²) < 4.78 is 0. The van der Waals surface area contributed by atoms with Gasteiger partial charge < -0.3 is 10.2 Å². The number of carbonyl (C=O) groups is 1. The van der Waals surface area contributed by atoms with Gasteiger partial charge in [-0.1, -0.05) is 0 Å². The minimum atomic E-state index is -0.194. The SMILES string of the molecule is Cc1ncc(C(=O)Nc2ccc(N(C)C)cc2)c(C)n1. The molecule has 0 atom stereocenters. The highest BCUT2D eigenvalue weighted by Crippen LogP contribution is 2.16. The van der Waals surface area contributed by atoms with Gasteiger partial charge in [0.25, 0.3) is 5.91 Å². The zero-order valence-corrected chi connectivity index (χ0v) is 12.1. The van der Waals surface area contributed by atoms with E-state index in [9.17, 15) is 4.79 Å². The van der Waals surface area contributed by atoms with Crippen LogP contribution in [0.25, 0.3) is 0 Å². The summed E-state index contributed by atoms with van der Waals surface area (Å²) in [6, 6.07) is 7.65. The van der Waals surface area contributed by atoms with Crippen LogP contribution >= 0.6 is 0 Å². The molecule has 0 radical (unpaired) electrons. The van der Waals surface area contributed by atoms with Gasteiger partial charge in [-0.3, -0.25) is 4.79 Å². The minimum Gasteiger partial charge on any atom is -0.378 e. The van der Waals surface area contributed by atoms with Crippen molar-refractivity contribution in [2.24, 2.45) is 0 Å². The Labute approximate surface area is 118 Å². The Hall–Kier alpha value is -2.43. The summed E-state index contributed by atoms with van der Waals surface area (Å²) in [7, 11) is 3.95. The van der Waals surface area contributed by atoms with Gasteiger partial charge in [-0.15, -0.1) is 0 Å². The Morgan fingerprint density at radius 2 is 1.80 bits per heavy atom. The Morgan fingerprint density at radius 1 is 1.15 bits per heavy atom. The van der Waals surface area contributed by atoms with Crippen molar-refractivity contribution in [1.29, 1.82) is 0 Å². The summed E-state index contributed by atoms with van der Waals surface area (Å²) in [6.07, 6.45) is 1.56. The van der Waals surface area contributed by atoms with Crippen molar-refractivity contribution in [3.8, 4) is 0 Å². The second-order valence-corrected chi connectivity index (χ2v) is 4.81. The van der Waals surface area contributed by atoms with E-state index in [1.807, 2.05) is 43.3 Å². The third-order valence-electron chi connectivity index (χ3n) is 2.99. The highest BCUT2D eigenvalue weighted by Gasteiger charge is 2.11. The standard InChI is InChI=1S/C15H18N4O/c1-10-14(9-16-11(2)17-10)15(20)18-12-5-7-13(8-6-12)19(3)4/h5-9H,1-4H3,(H,18,20). The Morgan fingerprint density at radius 3 is 2.35 bits per heavy atom. The van der Waals surface area contributed by atoms with Gasteiger partial charge in [0.1, 0.15) is 5.82 Å². The molecule has 0 aliphatic rings. The third-order valence-corrected chi connectivity index (χ3v) is 2.99. The fourth-order valence-corrected chi connectivity index (χ4v) is 1.85. The van der Waals surface area contributed by atoms with Gasteiger partial charge in [0.2, 0.25) is 0 Å². The molecule has 0 aliphatic heterocycles. The molecule has 1 N–H and O–H groups in total. The molecular formula is C15H18N4O. The normalized spacial score (nSPS) is 10.2. The van der Waals surface area contributed by atoms with Crippen LogP contribution in [0.4, 0.5) is 11.4 Å². The highest BCUT2D eigenvalue weighted by molar-refractivity contribution is 6.04. The summed E-state index contributed by atoms with van der Waals surface area (Å²) in [5.41, 5.74) is 3.01. The van der Waals surface area contributed by atoms with Gasteiger partial charge in [0.05, 0.1) is 11.3 Å². The monoisotopic (exact) mass is 270 g/mol. The maximum absolute atomic E-state index is 12.2. The van der Waals surface area contributed by atoms with Crippen molar-refractivity contribution in [3.05, 3.63) is 47.5 Å². The van der Waals surface area contributed by atoms with Crippen molar-refractivity contribution in [2.45, 2.75) is 13.8 Å². The van der Waals surface area contributed by atoms with Gasteiger partial charge in [0.15, 0.2) is 0 Å². The first-order chi connectivity index (χ1) is 9.47. The lowest BCUT2D eigenvalue weighted by Crippen LogP contribution is -2.15. The van der Waals surface area contributed by atoms with Crippen LogP contribution in [0.5, 0.6) is 0 Å². The van der Waals surface area contributed by atoms with Crippen molar-refractivity contribution in [2.75, 3.05) is 24.3 Å². The molecule has 0 spiro atoms. The van der Waals surface area contributed by atoms with Crippen LogP contribution < -0.4 is 10.2 Å². The van der Waals surface area contributed by atoms with E-state index in [1.54, 1.807) is 20.0 Å². The number of carbonyl (C=O) groups excluding carboxylic acids is 1. The lowest BCUT2D eigenvalue weighted by molar-refractivity contribution is 0.102. The molecule has 1 aromatic heterocycles. The van der Waals surface area contributed by atoms with Gasteiger partial charge in [-0.05, 0) is 38.1 Å². The molecule has 5 nitrogen and oxygen atoms in total. The summed E-state index contributed by atoms with van der Waals surface area (Å²) >= 11 is 0. The van der Waals surface area contributed by atoms with E-state index in [4.69, 9.17) is 0 Å². The smallest absolute Gasteiger partial charge is 0.259 e. The molecular weight excluding hydrogens is 252 g/mol. The van der Waals surface area contributed by atoms with Gasteiger partial charge in [0, 0.05) is 31.7 Å². The molecule has 5 heteroatoms. The molecule has 1 aromatic carbocycles. The van der Waals surface area contributed by atoms with Gasteiger partial charge in [-0.25, -0.2) is 9.97 Å². The van der Waals surface area contributed by atoms with E-state index in [0.29, 0.717) is 17.1 Å². The minimum absolute atomic E-state index is 0.194. The van der Waals surface area contributed by atoms with Crippen molar-refractivity contribution in [3.63, 3.8) is 0 Å². The second kappa shape index (κ2) is 5.69. The maximum Gasteiger partial charge on any atom is 0.259 e. The molecule has 0 unspecified atom stereocenters. The zero-order valence-electron chi connectivity index (χ0n) is 12.1. The summed E-state index contributed by atoms with van der Waals surface area (Å²) in [5.74, 6) is 0.467. The van der Waals surface area contributed by atoms with E-state index in [0.717, 1.165) is 11.4 Å². The van der Waals surface area contributed by atoms with Crippen molar-refractivity contribution in [1.82, 2.24) is 9.97 Å². The number of amides is 1. The zero-order chi connectivity index (χ0) is 14.7. The molecule has 0 saturated heterocycles. The van der Waals surface area contributed by atoms with Crippen LogP contribution in [0.3, 0.4) is 0 Å². The molecule has 0 aliphatic carbocycles. The summed E-state index contributed by atoms with van der Waals surface area (Å²) in [6.45, 7) is 3.60. The molecule has 1 amide bonds. The maximum atomic E-state index is 12.2. The first-order valence-electron chi connectivity index (χ1n) is 6.36. The Balaban J connectivity index is 2.15. The summed E-state index contributed by atoms with van der Waals surface area (Å²) in [5, 5.41) is 2.85. The lowest BCUT2D eigenvalue weighted by atomic mass is 10.2. The van der Waals surface area contributed by atoms with Crippen molar-refractivity contribution < 1.29 is 4.79 Å². The number of hydrogen-bond acceptors (Lipinski definition) is 4. The molecule has 2 rings (SSSR count). The third kappa shape index (κ3) is 3.12. The predicted octanol–water partition coefficient (Wildman–Crippen LogP) is 2.41. The number of hydrogen-bond donors (Lipinski definition) is 1. The number of nitrogens with zero attached hydrogens (tertiary/aromatic N) is 3. The van der Waals surface area contributed by atoms with Crippen LogP contribution in [0.15, 0.2) is 30.5 Å². The topological polar surface area (TPSA) is 58.1 Å². The van der Waals surface area contributed by atoms with E-state index in [2.05, 4.69) is 15.3 Å². The van der Waals surface area contributed by atoms with E-state index < -0.39 is 0 Å². The molecule has 0 saturated carbocycles. The van der Waals surface area contributed by atoms with Crippen LogP contribution in [0, 0.1) is 13.8 Å². The predicted molar refractivity (Wildman–Crippen MR) is 80.2 cm³/mol. The molecule has 2 aromatic rings. The molecule has 0 bridgehead atoms. The average Bonchev–Trinajstić information content (AvgIpc) is 2.39. The van der Waals surface area contributed by atoms with E-state index >= 15 is 0 Å². The fraction of sp³-hybridized carbons (Fsp3) is 0.267. The van der Waals surface area contributed by atoms with E-state index in [1.165, 1.54) is 0 Å². The highest BCUT2D eigenvalue weighted by atomic mass is 16.1. The van der Waals surface area contributed by atoms with Crippen LogP contribution in [-0.2, 0) is 0 Å². The summed E-state index contributed by atoms with van der Waals surface area (Å²) in [4.78, 5) is 22.4. The van der Waals surface area contributed by atoms with Crippen LogP contribution in [0.1, 0.15) is 21.9 Å². The Kier molecular flexibility index (Phi) is 3.98. The molecule has 20 heavy (non-hydrogen) atoms. The number of aromatic nitrogens is 2. The average molecular weight is 270 g/mol. The van der Waals surface area contributed by atoms with E-state index in [-0.39, 0.29) is 5.91 Å². The number of nitrogens with one attached hydrogen (secondary N) is 1.